The molecule has 1 amide bonds. The van der Waals surface area contributed by atoms with Crippen molar-refractivity contribution >= 4 is 21.8 Å². The Morgan fingerprint density at radius 3 is 2.60 bits per heavy atom. The summed E-state index contributed by atoms with van der Waals surface area (Å²) in [5.41, 5.74) is 0.467. The van der Waals surface area contributed by atoms with Crippen LogP contribution < -0.4 is 0 Å². The molecule has 0 atom stereocenters. The van der Waals surface area contributed by atoms with Gasteiger partial charge in [0.25, 0.3) is 5.91 Å². The lowest BCUT2D eigenvalue weighted by atomic mass is 10.3. The normalized spacial score (nSPS) is 10.8. The number of methoxy groups -OCH3 is 1. The summed E-state index contributed by atoms with van der Waals surface area (Å²) in [6.07, 6.45) is 2.57. The molecule has 0 saturated heterocycles. The highest BCUT2D eigenvalue weighted by Gasteiger charge is 2.16. The minimum atomic E-state index is -0.0479. The average Bonchev–Trinajstić information content (AvgIpc) is 2.42. The van der Waals surface area contributed by atoms with Crippen LogP contribution in [0.2, 0.25) is 0 Å². The third kappa shape index (κ3) is 5.98. The first kappa shape index (κ1) is 17.1. The molecular weight excluding hydrogens is 322 g/mol. The topological polar surface area (TPSA) is 45.7 Å². The van der Waals surface area contributed by atoms with Gasteiger partial charge in [-0.2, -0.15) is 0 Å². The predicted octanol–water partition coefficient (Wildman–Crippen LogP) is 1.88. The number of carbonyl (C=O) groups excluding carboxylic acids is 1. The van der Waals surface area contributed by atoms with Crippen LogP contribution in [0.15, 0.2) is 22.8 Å². The molecule has 1 aromatic rings. The van der Waals surface area contributed by atoms with Crippen LogP contribution in [-0.2, 0) is 4.74 Å². The van der Waals surface area contributed by atoms with Crippen LogP contribution in [0.3, 0.4) is 0 Å². The van der Waals surface area contributed by atoms with E-state index < -0.39 is 0 Å². The van der Waals surface area contributed by atoms with E-state index in [0.717, 1.165) is 17.4 Å². The molecule has 1 rings (SSSR count). The predicted molar refractivity (Wildman–Crippen MR) is 82.9 cm³/mol. The lowest BCUT2D eigenvalue weighted by Crippen LogP contribution is -2.36. The second kappa shape index (κ2) is 9.05. The Hall–Kier alpha value is -0.980. The monoisotopic (exact) mass is 343 g/mol. The highest BCUT2D eigenvalue weighted by molar-refractivity contribution is 9.10. The molecule has 0 fully saturated rings. The summed E-state index contributed by atoms with van der Waals surface area (Å²) in [6.45, 7) is 2.77. The van der Waals surface area contributed by atoms with Gasteiger partial charge in [-0.05, 0) is 55.1 Å². The minimum absolute atomic E-state index is 0.0479. The molecule has 112 valence electrons. The van der Waals surface area contributed by atoms with Crippen molar-refractivity contribution in [2.45, 2.75) is 6.42 Å². The van der Waals surface area contributed by atoms with Gasteiger partial charge in [-0.25, -0.2) is 4.98 Å². The van der Waals surface area contributed by atoms with Crippen LogP contribution in [0.25, 0.3) is 0 Å². The molecule has 0 aliphatic rings. The highest BCUT2D eigenvalue weighted by atomic mass is 79.9. The quantitative estimate of drug-likeness (QED) is 0.723. The third-order valence-corrected chi connectivity index (χ3v) is 3.30. The van der Waals surface area contributed by atoms with Crippen LogP contribution >= 0.6 is 15.9 Å². The molecule has 0 unspecified atom stereocenters. The smallest absolute Gasteiger partial charge is 0.272 e. The van der Waals surface area contributed by atoms with E-state index in [0.29, 0.717) is 25.4 Å². The molecule has 0 bridgehead atoms. The van der Waals surface area contributed by atoms with Gasteiger partial charge in [0.05, 0.1) is 6.61 Å². The molecular formula is C14H22BrN3O2. The molecule has 1 heterocycles. The fraction of sp³-hybridized carbons (Fsp3) is 0.571. The van der Waals surface area contributed by atoms with E-state index in [-0.39, 0.29) is 5.91 Å². The van der Waals surface area contributed by atoms with Gasteiger partial charge in [-0.15, -0.1) is 0 Å². The zero-order valence-electron chi connectivity index (χ0n) is 12.3. The maximum absolute atomic E-state index is 12.4. The fourth-order valence-corrected chi connectivity index (χ4v) is 1.99. The van der Waals surface area contributed by atoms with E-state index in [9.17, 15) is 4.79 Å². The molecule has 5 nitrogen and oxygen atoms in total. The maximum atomic E-state index is 12.4. The van der Waals surface area contributed by atoms with Gasteiger partial charge in [-0.1, -0.05) is 0 Å². The first-order valence-corrected chi connectivity index (χ1v) is 7.38. The lowest BCUT2D eigenvalue weighted by Gasteiger charge is -2.23. The van der Waals surface area contributed by atoms with E-state index >= 15 is 0 Å². The Balaban J connectivity index is 2.65. The van der Waals surface area contributed by atoms with Gasteiger partial charge in [0.2, 0.25) is 0 Å². The van der Waals surface area contributed by atoms with E-state index in [1.807, 2.05) is 20.2 Å². The number of hydrogen-bond donors (Lipinski definition) is 0. The second-order valence-electron chi connectivity index (χ2n) is 4.80. The van der Waals surface area contributed by atoms with Gasteiger partial charge >= 0.3 is 0 Å². The number of pyridine rings is 1. The molecule has 1 aromatic heterocycles. The van der Waals surface area contributed by atoms with Crippen LogP contribution in [-0.4, -0.2) is 68.1 Å². The number of halogens is 1. The van der Waals surface area contributed by atoms with Gasteiger partial charge in [0.15, 0.2) is 0 Å². The third-order valence-electron chi connectivity index (χ3n) is 2.83. The van der Waals surface area contributed by atoms with Crippen molar-refractivity contribution in [1.82, 2.24) is 14.8 Å². The minimum Gasteiger partial charge on any atom is -0.383 e. The standard InChI is InChI=1S/C14H22BrN3O2/c1-17(2)7-4-8-18(9-10-20-3)14(19)13-6-5-12(15)11-16-13/h5-6,11H,4,7-10H2,1-3H3. The van der Waals surface area contributed by atoms with Gasteiger partial charge in [-0.3, -0.25) is 4.79 Å². The average molecular weight is 344 g/mol. The Kier molecular flexibility index (Phi) is 7.72. The van der Waals surface area contributed by atoms with Gasteiger partial charge < -0.3 is 14.5 Å². The van der Waals surface area contributed by atoms with Crippen molar-refractivity contribution in [3.05, 3.63) is 28.5 Å². The number of hydrogen-bond acceptors (Lipinski definition) is 4. The molecule has 0 spiro atoms. The molecule has 0 aliphatic carbocycles. The van der Waals surface area contributed by atoms with E-state index in [1.54, 1.807) is 24.3 Å². The summed E-state index contributed by atoms with van der Waals surface area (Å²) in [4.78, 5) is 20.5. The van der Waals surface area contributed by atoms with Crippen molar-refractivity contribution < 1.29 is 9.53 Å². The summed E-state index contributed by atoms with van der Waals surface area (Å²) >= 11 is 3.32. The van der Waals surface area contributed by atoms with Gasteiger partial charge in [0.1, 0.15) is 5.69 Å². The number of aromatic nitrogens is 1. The fourth-order valence-electron chi connectivity index (χ4n) is 1.76. The van der Waals surface area contributed by atoms with Crippen LogP contribution in [0.1, 0.15) is 16.9 Å². The first-order valence-electron chi connectivity index (χ1n) is 6.59. The van der Waals surface area contributed by atoms with E-state index in [2.05, 4.69) is 25.8 Å². The van der Waals surface area contributed by atoms with Crippen molar-refractivity contribution in [1.29, 1.82) is 0 Å². The number of rotatable bonds is 8. The lowest BCUT2D eigenvalue weighted by molar-refractivity contribution is 0.0683. The Morgan fingerprint density at radius 2 is 2.05 bits per heavy atom. The Bertz CT molecular complexity index is 409. The van der Waals surface area contributed by atoms with Crippen molar-refractivity contribution in [2.75, 3.05) is 47.4 Å². The van der Waals surface area contributed by atoms with Crippen LogP contribution in [0, 0.1) is 0 Å². The number of nitrogens with zero attached hydrogens (tertiary/aromatic N) is 3. The van der Waals surface area contributed by atoms with E-state index in [1.165, 1.54) is 0 Å². The number of ether oxygens (including phenoxy) is 1. The molecule has 0 aliphatic heterocycles. The summed E-state index contributed by atoms with van der Waals surface area (Å²) in [5, 5.41) is 0. The largest absolute Gasteiger partial charge is 0.383 e. The molecule has 0 radical (unpaired) electrons. The Morgan fingerprint density at radius 1 is 1.30 bits per heavy atom. The van der Waals surface area contributed by atoms with Crippen molar-refractivity contribution in [3.63, 3.8) is 0 Å². The summed E-state index contributed by atoms with van der Waals surface area (Å²) in [6, 6.07) is 3.56. The zero-order chi connectivity index (χ0) is 15.0. The molecule has 0 saturated carbocycles. The summed E-state index contributed by atoms with van der Waals surface area (Å²) < 4.78 is 5.94. The number of carbonyl (C=O) groups is 1. The molecule has 0 N–H and O–H groups in total. The second-order valence-corrected chi connectivity index (χ2v) is 5.72. The van der Waals surface area contributed by atoms with Crippen LogP contribution in [0.4, 0.5) is 0 Å². The molecule has 0 aromatic carbocycles. The highest BCUT2D eigenvalue weighted by Crippen LogP contribution is 2.09. The Labute approximate surface area is 129 Å². The van der Waals surface area contributed by atoms with Crippen molar-refractivity contribution in [2.24, 2.45) is 0 Å². The maximum Gasteiger partial charge on any atom is 0.272 e. The SMILES string of the molecule is COCCN(CCCN(C)C)C(=O)c1ccc(Br)cn1. The summed E-state index contributed by atoms with van der Waals surface area (Å²) in [7, 11) is 5.69. The first-order chi connectivity index (χ1) is 9.54. The van der Waals surface area contributed by atoms with Gasteiger partial charge in [0, 0.05) is 30.9 Å². The molecule has 20 heavy (non-hydrogen) atoms. The molecule has 6 heteroatoms. The van der Waals surface area contributed by atoms with Crippen LogP contribution in [0.5, 0.6) is 0 Å². The zero-order valence-corrected chi connectivity index (χ0v) is 13.9. The van der Waals surface area contributed by atoms with E-state index in [4.69, 9.17) is 4.74 Å². The van der Waals surface area contributed by atoms with Crippen molar-refractivity contribution in [3.8, 4) is 0 Å². The summed E-state index contributed by atoms with van der Waals surface area (Å²) in [5.74, 6) is -0.0479. The number of amides is 1.